The molecule has 0 N–H and O–H groups in total. The molecule has 1 aromatic heterocycles. The van der Waals surface area contributed by atoms with Gasteiger partial charge in [-0.15, -0.1) is 0 Å². The highest BCUT2D eigenvalue weighted by Crippen LogP contribution is 2.16. The third kappa shape index (κ3) is 5.13. The van der Waals surface area contributed by atoms with Gasteiger partial charge in [-0.05, 0) is 43.7 Å². The summed E-state index contributed by atoms with van der Waals surface area (Å²) < 4.78 is 25.1. The van der Waals surface area contributed by atoms with Crippen LogP contribution >= 0.6 is 0 Å². The summed E-state index contributed by atoms with van der Waals surface area (Å²) in [4.78, 5) is 24.1. The highest BCUT2D eigenvalue weighted by molar-refractivity contribution is 6.00. The van der Waals surface area contributed by atoms with Crippen molar-refractivity contribution in [1.82, 2.24) is 4.57 Å². The molecule has 0 fully saturated rings. The Morgan fingerprint density at radius 3 is 2.69 bits per heavy atom. The lowest BCUT2D eigenvalue weighted by Gasteiger charge is -2.08. The molecule has 6 heteroatoms. The Hall–Kier alpha value is -2.73. The number of esters is 1. The first-order chi connectivity index (χ1) is 12.4. The van der Waals surface area contributed by atoms with Gasteiger partial charge in [-0.25, -0.2) is 9.18 Å². The lowest BCUT2D eigenvalue weighted by Crippen LogP contribution is -2.14. The molecular weight excluding hydrogens is 337 g/mol. The van der Waals surface area contributed by atoms with Gasteiger partial charge in [-0.3, -0.25) is 4.79 Å². The van der Waals surface area contributed by atoms with Crippen molar-refractivity contribution in [2.45, 2.75) is 20.4 Å². The molecule has 0 aliphatic heterocycles. The van der Waals surface area contributed by atoms with Crippen LogP contribution in [-0.2, 0) is 20.8 Å². The molecule has 0 spiro atoms. The minimum atomic E-state index is -0.657. The van der Waals surface area contributed by atoms with Crippen LogP contribution in [0.25, 0.3) is 6.08 Å². The van der Waals surface area contributed by atoms with Crippen molar-refractivity contribution in [3.8, 4) is 0 Å². The number of aromatic nitrogens is 1. The fraction of sp³-hybridized carbons (Fsp3) is 0.300. The zero-order chi connectivity index (χ0) is 19.1. The highest BCUT2D eigenvalue weighted by atomic mass is 19.1. The summed E-state index contributed by atoms with van der Waals surface area (Å²) in [5.74, 6) is -1.32. The summed E-state index contributed by atoms with van der Waals surface area (Å²) >= 11 is 0. The van der Waals surface area contributed by atoms with E-state index in [2.05, 4.69) is 0 Å². The van der Waals surface area contributed by atoms with Crippen molar-refractivity contribution in [3.05, 3.63) is 64.7 Å². The fourth-order valence-electron chi connectivity index (χ4n) is 2.65. The number of hydrogen-bond donors (Lipinski definition) is 0. The summed E-state index contributed by atoms with van der Waals surface area (Å²) in [5, 5.41) is 0. The molecular formula is C20H22FNO4. The van der Waals surface area contributed by atoms with Gasteiger partial charge in [0.25, 0.3) is 0 Å². The molecule has 5 nitrogen and oxygen atoms in total. The number of methoxy groups -OCH3 is 1. The predicted octanol–water partition coefficient (Wildman–Crippen LogP) is 3.33. The van der Waals surface area contributed by atoms with Crippen molar-refractivity contribution >= 4 is 17.8 Å². The number of carbonyl (C=O) groups is 2. The van der Waals surface area contributed by atoms with E-state index < -0.39 is 5.97 Å². The number of benzene rings is 1. The van der Waals surface area contributed by atoms with Crippen LogP contribution in [0.4, 0.5) is 4.39 Å². The van der Waals surface area contributed by atoms with Crippen LogP contribution in [0.5, 0.6) is 0 Å². The molecule has 0 bridgehead atoms. The Morgan fingerprint density at radius 1 is 1.23 bits per heavy atom. The smallest absolute Gasteiger partial charge is 0.331 e. The summed E-state index contributed by atoms with van der Waals surface area (Å²) in [5.41, 5.74) is 2.83. The molecule has 26 heavy (non-hydrogen) atoms. The Morgan fingerprint density at radius 2 is 2.00 bits per heavy atom. The van der Waals surface area contributed by atoms with E-state index in [9.17, 15) is 14.0 Å². The van der Waals surface area contributed by atoms with Crippen LogP contribution in [0, 0.1) is 19.7 Å². The third-order valence-electron chi connectivity index (χ3n) is 4.00. The van der Waals surface area contributed by atoms with Crippen molar-refractivity contribution < 1.29 is 23.5 Å². The van der Waals surface area contributed by atoms with Gasteiger partial charge < -0.3 is 14.0 Å². The number of aryl methyl sites for hydroxylation is 1. The number of ether oxygens (including phenoxy) is 2. The second-order valence-corrected chi connectivity index (χ2v) is 5.85. The molecule has 0 amide bonds. The summed E-state index contributed by atoms with van der Waals surface area (Å²) in [6, 6.07) is 7.60. The molecule has 0 unspecified atom stereocenters. The molecule has 138 valence electrons. The maximum atomic E-state index is 13.1. The Bertz CT molecular complexity index is 823. The second kappa shape index (κ2) is 9.10. The fourth-order valence-corrected chi connectivity index (χ4v) is 2.65. The lowest BCUT2D eigenvalue weighted by atomic mass is 10.1. The molecule has 1 heterocycles. The zero-order valence-electron chi connectivity index (χ0n) is 15.1. The maximum absolute atomic E-state index is 13.1. The van der Waals surface area contributed by atoms with Crippen molar-refractivity contribution in [2.75, 3.05) is 20.3 Å². The summed E-state index contributed by atoms with van der Waals surface area (Å²) in [7, 11) is 1.62. The largest absolute Gasteiger partial charge is 0.454 e. The molecule has 0 aliphatic carbocycles. The quantitative estimate of drug-likeness (QED) is 0.412. The minimum Gasteiger partial charge on any atom is -0.454 e. The molecule has 0 atom stereocenters. The van der Waals surface area contributed by atoms with Crippen LogP contribution in [0.1, 0.15) is 27.3 Å². The van der Waals surface area contributed by atoms with Gasteiger partial charge in [-0.1, -0.05) is 12.1 Å². The first kappa shape index (κ1) is 19.6. The molecule has 0 radical (unpaired) electrons. The standard InChI is InChI=1S/C20H22FNO4/c1-14-11-18(15(2)22(14)9-10-25-3)19(23)13-26-20(24)8-7-16-5-4-6-17(21)12-16/h4-8,11-12H,9-10,13H2,1-3H3/b8-7+. The second-order valence-electron chi connectivity index (χ2n) is 5.85. The number of hydrogen-bond acceptors (Lipinski definition) is 4. The van der Waals surface area contributed by atoms with Gasteiger partial charge >= 0.3 is 5.97 Å². The average molecular weight is 359 g/mol. The maximum Gasteiger partial charge on any atom is 0.331 e. The molecule has 1 aromatic carbocycles. The molecule has 0 saturated heterocycles. The number of ketones is 1. The molecule has 0 saturated carbocycles. The Labute approximate surface area is 152 Å². The molecule has 2 rings (SSSR count). The monoisotopic (exact) mass is 359 g/mol. The first-order valence-electron chi connectivity index (χ1n) is 8.21. The van der Waals surface area contributed by atoms with E-state index >= 15 is 0 Å². The number of nitrogens with zero attached hydrogens (tertiary/aromatic N) is 1. The van der Waals surface area contributed by atoms with Crippen molar-refractivity contribution in [2.24, 2.45) is 0 Å². The van der Waals surface area contributed by atoms with E-state index in [0.717, 1.165) is 11.4 Å². The van der Waals surface area contributed by atoms with Crippen molar-refractivity contribution in [1.29, 1.82) is 0 Å². The van der Waals surface area contributed by atoms with Gasteiger partial charge in [-0.2, -0.15) is 0 Å². The molecule has 2 aromatic rings. The Balaban J connectivity index is 1.95. The van der Waals surface area contributed by atoms with Crippen LogP contribution in [-0.4, -0.2) is 36.6 Å². The van der Waals surface area contributed by atoms with Gasteiger partial charge in [0.05, 0.1) is 6.61 Å². The SMILES string of the molecule is COCCn1c(C)cc(C(=O)COC(=O)/C=C/c2cccc(F)c2)c1C. The summed E-state index contributed by atoms with van der Waals surface area (Å²) in [6.45, 7) is 4.61. The Kier molecular flexibility index (Phi) is 6.86. The van der Waals surface area contributed by atoms with E-state index in [1.807, 2.05) is 18.4 Å². The summed E-state index contributed by atoms with van der Waals surface area (Å²) in [6.07, 6.45) is 2.61. The van der Waals surface area contributed by atoms with Crippen LogP contribution < -0.4 is 0 Å². The van der Waals surface area contributed by atoms with E-state index in [1.165, 1.54) is 24.3 Å². The number of halogens is 1. The third-order valence-corrected chi connectivity index (χ3v) is 4.00. The zero-order valence-corrected chi connectivity index (χ0v) is 15.1. The highest BCUT2D eigenvalue weighted by Gasteiger charge is 2.16. The number of rotatable bonds is 8. The molecule has 0 aliphatic rings. The number of Topliss-reactive ketones (excluding diaryl/α,β-unsaturated/α-hetero) is 1. The van der Waals surface area contributed by atoms with Crippen LogP contribution in [0.15, 0.2) is 36.4 Å². The van der Waals surface area contributed by atoms with E-state index in [1.54, 1.807) is 25.3 Å². The van der Waals surface area contributed by atoms with Gasteiger partial charge in [0, 0.05) is 36.7 Å². The average Bonchev–Trinajstić information content (AvgIpc) is 2.90. The first-order valence-corrected chi connectivity index (χ1v) is 8.21. The van der Waals surface area contributed by atoms with Gasteiger partial charge in [0.1, 0.15) is 5.82 Å². The number of carbonyl (C=O) groups excluding carboxylic acids is 2. The minimum absolute atomic E-state index is 0.269. The normalized spacial score (nSPS) is 11.1. The van der Waals surface area contributed by atoms with E-state index in [4.69, 9.17) is 9.47 Å². The van der Waals surface area contributed by atoms with Gasteiger partial charge in [0.15, 0.2) is 6.61 Å². The topological polar surface area (TPSA) is 57.5 Å². The van der Waals surface area contributed by atoms with Crippen LogP contribution in [0.3, 0.4) is 0 Å². The van der Waals surface area contributed by atoms with E-state index in [0.29, 0.717) is 24.3 Å². The predicted molar refractivity (Wildman–Crippen MR) is 96.5 cm³/mol. The van der Waals surface area contributed by atoms with Crippen LogP contribution in [0.2, 0.25) is 0 Å². The lowest BCUT2D eigenvalue weighted by molar-refractivity contribution is -0.136. The van der Waals surface area contributed by atoms with Gasteiger partial charge in [0.2, 0.25) is 5.78 Å². The van der Waals surface area contributed by atoms with E-state index in [-0.39, 0.29) is 18.2 Å². The van der Waals surface area contributed by atoms with Crippen molar-refractivity contribution in [3.63, 3.8) is 0 Å².